The smallest absolute Gasteiger partial charge is 0.241 e. The van der Waals surface area contributed by atoms with Gasteiger partial charge in [-0.15, -0.1) is 0 Å². The van der Waals surface area contributed by atoms with Crippen molar-refractivity contribution in [2.24, 2.45) is 0 Å². The van der Waals surface area contributed by atoms with Gasteiger partial charge in [-0.1, -0.05) is 24.6 Å². The van der Waals surface area contributed by atoms with Crippen LogP contribution in [0.3, 0.4) is 0 Å². The van der Waals surface area contributed by atoms with Crippen LogP contribution in [-0.2, 0) is 17.9 Å². The Morgan fingerprint density at radius 3 is 2.74 bits per heavy atom. The molecule has 1 unspecified atom stereocenters. The molecule has 1 aromatic carbocycles. The van der Waals surface area contributed by atoms with Gasteiger partial charge in [-0.3, -0.25) is 14.4 Å². The lowest BCUT2D eigenvalue weighted by atomic mass is 10.0. The predicted molar refractivity (Wildman–Crippen MR) is 120 cm³/mol. The van der Waals surface area contributed by atoms with Crippen molar-refractivity contribution >= 4 is 11.6 Å². The molecule has 7 nitrogen and oxygen atoms in total. The van der Waals surface area contributed by atoms with Crippen LogP contribution >= 0.6 is 0 Å². The summed E-state index contributed by atoms with van der Waals surface area (Å²) in [6.45, 7) is 6.62. The van der Waals surface area contributed by atoms with Gasteiger partial charge < -0.3 is 10.1 Å². The topological polar surface area (TPSA) is 72.3 Å². The minimum Gasteiger partial charge on any atom is -0.439 e. The van der Waals surface area contributed by atoms with E-state index in [0.29, 0.717) is 11.6 Å². The second kappa shape index (κ2) is 9.75. The second-order valence-corrected chi connectivity index (χ2v) is 7.87. The molecule has 1 saturated heterocycles. The highest BCUT2D eigenvalue weighted by molar-refractivity contribution is 5.94. The van der Waals surface area contributed by atoms with Crippen molar-refractivity contribution < 1.29 is 9.53 Å². The van der Waals surface area contributed by atoms with Crippen LogP contribution in [0.4, 0.5) is 5.69 Å². The number of aryl methyl sites for hydroxylation is 2. The Hall–Kier alpha value is -3.19. The lowest BCUT2D eigenvalue weighted by Gasteiger charge is -2.34. The molecule has 3 aromatic rings. The predicted octanol–water partition coefficient (Wildman–Crippen LogP) is 4.39. The first kappa shape index (κ1) is 21.1. The average molecular weight is 420 g/mol. The van der Waals surface area contributed by atoms with Gasteiger partial charge in [-0.05, 0) is 51.4 Å². The van der Waals surface area contributed by atoms with Gasteiger partial charge in [0.15, 0.2) is 0 Å². The number of nitrogens with zero attached hydrogens (tertiary/aromatic N) is 4. The summed E-state index contributed by atoms with van der Waals surface area (Å²) in [5.41, 5.74) is 2.89. The van der Waals surface area contributed by atoms with E-state index >= 15 is 0 Å². The molecule has 0 aliphatic carbocycles. The standard InChI is InChI=1S/C24H29N5O2/c1-3-29-17-19(18(2)27-29)16-28-14-8-7-11-22(28)24(30)26-20-12-13-23(25-15-20)31-21-9-5-4-6-10-21/h4-6,9-10,12-13,15,17,22H,3,7-8,11,14,16H2,1-2H3,(H,26,30). The van der Waals surface area contributed by atoms with Crippen LogP contribution in [0.1, 0.15) is 37.4 Å². The van der Waals surface area contributed by atoms with Gasteiger partial charge in [0.2, 0.25) is 11.8 Å². The number of nitrogens with one attached hydrogen (secondary N) is 1. The number of hydrogen-bond donors (Lipinski definition) is 1. The van der Waals surface area contributed by atoms with Gasteiger partial charge in [0.1, 0.15) is 5.75 Å². The fraction of sp³-hybridized carbons (Fsp3) is 0.375. The summed E-state index contributed by atoms with van der Waals surface area (Å²) >= 11 is 0. The van der Waals surface area contributed by atoms with Crippen molar-refractivity contribution in [3.05, 3.63) is 66.1 Å². The van der Waals surface area contributed by atoms with Crippen molar-refractivity contribution in [1.82, 2.24) is 19.7 Å². The van der Waals surface area contributed by atoms with Crippen LogP contribution in [0.2, 0.25) is 0 Å². The van der Waals surface area contributed by atoms with Crippen molar-refractivity contribution in [2.45, 2.75) is 52.2 Å². The maximum Gasteiger partial charge on any atom is 0.241 e. The van der Waals surface area contributed by atoms with E-state index in [4.69, 9.17) is 4.74 Å². The van der Waals surface area contributed by atoms with E-state index in [2.05, 4.69) is 33.4 Å². The molecule has 7 heteroatoms. The van der Waals surface area contributed by atoms with Crippen molar-refractivity contribution in [2.75, 3.05) is 11.9 Å². The van der Waals surface area contributed by atoms with Gasteiger partial charge in [0, 0.05) is 30.9 Å². The van der Waals surface area contributed by atoms with Gasteiger partial charge in [0.25, 0.3) is 0 Å². The molecule has 0 spiro atoms. The number of benzene rings is 1. The molecule has 1 fully saturated rings. The van der Waals surface area contributed by atoms with Gasteiger partial charge >= 0.3 is 0 Å². The SMILES string of the molecule is CCn1cc(CN2CCCCC2C(=O)Nc2ccc(Oc3ccccc3)nc2)c(C)n1. The quantitative estimate of drug-likeness (QED) is 0.615. The number of rotatable bonds is 7. The van der Waals surface area contributed by atoms with Crippen LogP contribution < -0.4 is 10.1 Å². The summed E-state index contributed by atoms with van der Waals surface area (Å²) < 4.78 is 7.67. The minimum atomic E-state index is -0.154. The Kier molecular flexibility index (Phi) is 6.62. The summed E-state index contributed by atoms with van der Waals surface area (Å²) in [5, 5.41) is 7.57. The Morgan fingerprint density at radius 1 is 1.19 bits per heavy atom. The minimum absolute atomic E-state index is 0.0127. The molecule has 1 aliphatic heterocycles. The fourth-order valence-corrected chi connectivity index (χ4v) is 3.92. The third-order valence-corrected chi connectivity index (χ3v) is 5.63. The maximum absolute atomic E-state index is 13.1. The molecule has 0 bridgehead atoms. The first-order chi connectivity index (χ1) is 15.1. The van der Waals surface area contributed by atoms with E-state index in [0.717, 1.165) is 50.3 Å². The number of amides is 1. The fourth-order valence-electron chi connectivity index (χ4n) is 3.92. The summed E-state index contributed by atoms with van der Waals surface area (Å²) in [7, 11) is 0. The third-order valence-electron chi connectivity index (χ3n) is 5.63. The van der Waals surface area contributed by atoms with Crippen LogP contribution in [0, 0.1) is 6.92 Å². The molecular formula is C24H29N5O2. The zero-order chi connectivity index (χ0) is 21.6. The molecule has 162 valence electrons. The number of carbonyl (C=O) groups excluding carboxylic acids is 1. The number of likely N-dealkylation sites (tertiary alicyclic amines) is 1. The lowest BCUT2D eigenvalue weighted by molar-refractivity contribution is -0.122. The van der Waals surface area contributed by atoms with E-state index in [1.807, 2.05) is 48.0 Å². The lowest BCUT2D eigenvalue weighted by Crippen LogP contribution is -2.46. The molecule has 1 N–H and O–H groups in total. The number of carbonyl (C=O) groups is 1. The number of pyridine rings is 1. The second-order valence-electron chi connectivity index (χ2n) is 7.87. The monoisotopic (exact) mass is 419 g/mol. The highest BCUT2D eigenvalue weighted by atomic mass is 16.5. The van der Waals surface area contributed by atoms with Crippen LogP contribution in [0.5, 0.6) is 11.6 Å². The first-order valence-electron chi connectivity index (χ1n) is 10.9. The normalized spacial score (nSPS) is 16.8. The number of hydrogen-bond acceptors (Lipinski definition) is 5. The highest BCUT2D eigenvalue weighted by Gasteiger charge is 2.29. The summed E-state index contributed by atoms with van der Waals surface area (Å²) in [6, 6.07) is 12.9. The van der Waals surface area contributed by atoms with Crippen molar-refractivity contribution in [3.63, 3.8) is 0 Å². The molecular weight excluding hydrogens is 390 g/mol. The van der Waals surface area contributed by atoms with Crippen LogP contribution in [0.25, 0.3) is 0 Å². The Balaban J connectivity index is 1.39. The number of piperidine rings is 1. The molecule has 1 atom stereocenters. The van der Waals surface area contributed by atoms with E-state index in [9.17, 15) is 4.79 Å². The summed E-state index contributed by atoms with van der Waals surface area (Å²) in [4.78, 5) is 19.6. The average Bonchev–Trinajstić information content (AvgIpc) is 3.15. The summed E-state index contributed by atoms with van der Waals surface area (Å²) in [6.07, 6.45) is 6.75. The number of ether oxygens (including phenoxy) is 1. The third kappa shape index (κ3) is 5.30. The zero-order valence-corrected chi connectivity index (χ0v) is 18.1. The summed E-state index contributed by atoms with van der Waals surface area (Å²) in [5.74, 6) is 1.23. The van der Waals surface area contributed by atoms with Gasteiger partial charge in [-0.2, -0.15) is 5.10 Å². The Labute approximate surface area is 183 Å². The number of aromatic nitrogens is 3. The van der Waals surface area contributed by atoms with Gasteiger partial charge in [0.05, 0.1) is 23.6 Å². The Bertz CT molecular complexity index is 1000. The molecule has 2 aromatic heterocycles. The maximum atomic E-state index is 13.1. The molecule has 0 radical (unpaired) electrons. The van der Waals surface area contributed by atoms with E-state index in [1.54, 1.807) is 12.3 Å². The van der Waals surface area contributed by atoms with Crippen molar-refractivity contribution in [1.29, 1.82) is 0 Å². The van der Waals surface area contributed by atoms with E-state index < -0.39 is 0 Å². The van der Waals surface area contributed by atoms with Crippen LogP contribution in [0.15, 0.2) is 54.9 Å². The first-order valence-corrected chi connectivity index (χ1v) is 10.9. The molecule has 31 heavy (non-hydrogen) atoms. The Morgan fingerprint density at radius 2 is 2.03 bits per heavy atom. The molecule has 0 saturated carbocycles. The molecule has 4 rings (SSSR count). The number of anilines is 1. The highest BCUT2D eigenvalue weighted by Crippen LogP contribution is 2.23. The molecule has 1 amide bonds. The van der Waals surface area contributed by atoms with E-state index in [-0.39, 0.29) is 11.9 Å². The van der Waals surface area contributed by atoms with Crippen molar-refractivity contribution in [3.8, 4) is 11.6 Å². The number of para-hydroxylation sites is 1. The van der Waals surface area contributed by atoms with Crippen LogP contribution in [-0.4, -0.2) is 38.2 Å². The largest absolute Gasteiger partial charge is 0.439 e. The van der Waals surface area contributed by atoms with E-state index in [1.165, 1.54) is 5.56 Å². The van der Waals surface area contributed by atoms with Gasteiger partial charge in [-0.25, -0.2) is 4.98 Å². The molecule has 3 heterocycles. The zero-order valence-electron chi connectivity index (χ0n) is 18.1. The molecule has 1 aliphatic rings.